The molecule has 1 aromatic rings. The van der Waals surface area contributed by atoms with Crippen molar-refractivity contribution >= 4 is 0 Å². The van der Waals surface area contributed by atoms with Crippen LogP contribution < -0.4 is 5.32 Å². The zero-order valence-electron chi connectivity index (χ0n) is 13.2. The number of hydrogen-bond acceptors (Lipinski definition) is 3. The maximum atomic E-state index is 4.33. The van der Waals surface area contributed by atoms with Crippen LogP contribution in [0, 0.1) is 0 Å². The second kappa shape index (κ2) is 7.19. The Morgan fingerprint density at radius 2 is 2.10 bits per heavy atom. The van der Waals surface area contributed by atoms with Crippen molar-refractivity contribution in [2.75, 3.05) is 19.6 Å². The molecule has 0 aromatic carbocycles. The first-order chi connectivity index (χ1) is 9.72. The van der Waals surface area contributed by atoms with Gasteiger partial charge in [0.15, 0.2) is 0 Å². The number of likely N-dealkylation sites (tertiary alicyclic amines) is 1. The van der Waals surface area contributed by atoms with Gasteiger partial charge in [0.2, 0.25) is 0 Å². The van der Waals surface area contributed by atoms with Crippen LogP contribution in [0.1, 0.15) is 58.1 Å². The van der Waals surface area contributed by atoms with Crippen molar-refractivity contribution in [1.29, 1.82) is 0 Å². The summed E-state index contributed by atoms with van der Waals surface area (Å²) in [6.07, 6.45) is 8.88. The summed E-state index contributed by atoms with van der Waals surface area (Å²) < 4.78 is 0. The first-order valence-corrected chi connectivity index (χ1v) is 8.10. The van der Waals surface area contributed by atoms with Crippen LogP contribution >= 0.6 is 0 Å². The highest BCUT2D eigenvalue weighted by Gasteiger charge is 2.39. The third kappa shape index (κ3) is 3.21. The number of nitrogens with zero attached hydrogens (tertiary/aromatic N) is 2. The molecule has 2 atom stereocenters. The molecule has 1 aromatic heterocycles. The third-order valence-electron chi connectivity index (χ3n) is 4.78. The van der Waals surface area contributed by atoms with Gasteiger partial charge in [0.05, 0.1) is 6.04 Å². The molecular formula is C17H29N3. The molecule has 2 rings (SSSR count). The summed E-state index contributed by atoms with van der Waals surface area (Å²) in [6.45, 7) is 10.5. The van der Waals surface area contributed by atoms with Gasteiger partial charge < -0.3 is 5.32 Å². The fraction of sp³-hybridized carbons (Fsp3) is 0.706. The van der Waals surface area contributed by atoms with E-state index in [2.05, 4.69) is 48.1 Å². The second-order valence-electron chi connectivity index (χ2n) is 6.08. The average Bonchev–Trinajstić information content (AvgIpc) is 3.03. The predicted molar refractivity (Wildman–Crippen MR) is 84.8 cm³/mol. The smallest absolute Gasteiger partial charge is 0.0519 e. The third-order valence-corrected chi connectivity index (χ3v) is 4.78. The van der Waals surface area contributed by atoms with Gasteiger partial charge in [-0.15, -0.1) is 0 Å². The summed E-state index contributed by atoms with van der Waals surface area (Å²) in [4.78, 5) is 7.00. The first kappa shape index (κ1) is 15.5. The van der Waals surface area contributed by atoms with Crippen LogP contribution in [0.3, 0.4) is 0 Å². The number of aromatic nitrogens is 1. The molecule has 1 aliphatic heterocycles. The van der Waals surface area contributed by atoms with E-state index in [0.29, 0.717) is 6.04 Å². The fourth-order valence-corrected chi connectivity index (χ4v) is 3.37. The molecule has 0 radical (unpaired) electrons. The lowest BCUT2D eigenvalue weighted by Gasteiger charge is -2.45. The van der Waals surface area contributed by atoms with Gasteiger partial charge in [-0.25, -0.2) is 0 Å². The molecule has 3 heteroatoms. The van der Waals surface area contributed by atoms with E-state index in [-0.39, 0.29) is 5.54 Å². The second-order valence-corrected chi connectivity index (χ2v) is 6.08. The van der Waals surface area contributed by atoms with E-state index in [0.717, 1.165) is 19.4 Å². The van der Waals surface area contributed by atoms with Gasteiger partial charge in [0, 0.05) is 17.9 Å². The van der Waals surface area contributed by atoms with E-state index in [1.165, 1.54) is 31.5 Å². The van der Waals surface area contributed by atoms with Crippen LogP contribution in [-0.4, -0.2) is 35.1 Å². The standard InChI is InChI=1S/C17H29N3/c1-4-10-19-16(15-9-8-11-18-14-15)17(3,5-2)20-12-6-7-13-20/h8-9,11,14,16,19H,4-7,10,12-13H2,1-3H3. The van der Waals surface area contributed by atoms with E-state index in [4.69, 9.17) is 0 Å². The summed E-state index contributed by atoms with van der Waals surface area (Å²) in [6, 6.07) is 4.62. The Labute approximate surface area is 123 Å². The summed E-state index contributed by atoms with van der Waals surface area (Å²) in [5.41, 5.74) is 1.49. The van der Waals surface area contributed by atoms with E-state index >= 15 is 0 Å². The Hall–Kier alpha value is -0.930. The van der Waals surface area contributed by atoms with Crippen molar-refractivity contribution in [3.05, 3.63) is 30.1 Å². The molecular weight excluding hydrogens is 246 g/mol. The van der Waals surface area contributed by atoms with Crippen LogP contribution in [0.25, 0.3) is 0 Å². The molecule has 0 saturated carbocycles. The molecule has 0 spiro atoms. The first-order valence-electron chi connectivity index (χ1n) is 8.10. The Kier molecular flexibility index (Phi) is 5.55. The molecule has 1 saturated heterocycles. The Morgan fingerprint density at radius 3 is 2.65 bits per heavy atom. The van der Waals surface area contributed by atoms with E-state index < -0.39 is 0 Å². The monoisotopic (exact) mass is 275 g/mol. The van der Waals surface area contributed by atoms with Crippen molar-refractivity contribution < 1.29 is 0 Å². The summed E-state index contributed by atoms with van der Waals surface area (Å²) in [5.74, 6) is 0. The van der Waals surface area contributed by atoms with Crippen LogP contribution in [-0.2, 0) is 0 Å². The molecule has 0 bridgehead atoms. The summed E-state index contributed by atoms with van der Waals surface area (Å²) >= 11 is 0. The fourth-order valence-electron chi connectivity index (χ4n) is 3.37. The van der Waals surface area contributed by atoms with E-state index in [1.54, 1.807) is 0 Å². The Bertz CT molecular complexity index is 386. The van der Waals surface area contributed by atoms with E-state index in [9.17, 15) is 0 Å². The van der Waals surface area contributed by atoms with Crippen LogP contribution in [0.2, 0.25) is 0 Å². The Morgan fingerprint density at radius 1 is 1.35 bits per heavy atom. The minimum atomic E-state index is 0.175. The number of pyridine rings is 1. The van der Waals surface area contributed by atoms with Gasteiger partial charge in [-0.2, -0.15) is 0 Å². The lowest BCUT2D eigenvalue weighted by atomic mass is 9.83. The van der Waals surface area contributed by atoms with E-state index in [1.807, 2.05) is 12.4 Å². The zero-order chi connectivity index (χ0) is 14.4. The molecule has 0 amide bonds. The van der Waals surface area contributed by atoms with Crippen LogP contribution in [0.15, 0.2) is 24.5 Å². The molecule has 3 nitrogen and oxygen atoms in total. The largest absolute Gasteiger partial charge is 0.308 e. The highest BCUT2D eigenvalue weighted by atomic mass is 15.2. The van der Waals surface area contributed by atoms with Gasteiger partial charge in [-0.1, -0.05) is 19.9 Å². The molecule has 1 N–H and O–H groups in total. The highest BCUT2D eigenvalue weighted by Crippen LogP contribution is 2.36. The summed E-state index contributed by atoms with van der Waals surface area (Å²) in [7, 11) is 0. The molecule has 2 unspecified atom stereocenters. The van der Waals surface area contributed by atoms with Gasteiger partial charge in [0.1, 0.15) is 0 Å². The number of rotatable bonds is 7. The lowest BCUT2D eigenvalue weighted by molar-refractivity contribution is 0.0838. The maximum Gasteiger partial charge on any atom is 0.0519 e. The van der Waals surface area contributed by atoms with Crippen molar-refractivity contribution in [3.63, 3.8) is 0 Å². The normalized spacial score (nSPS) is 20.8. The van der Waals surface area contributed by atoms with Crippen molar-refractivity contribution in [1.82, 2.24) is 15.2 Å². The quantitative estimate of drug-likeness (QED) is 0.827. The molecule has 20 heavy (non-hydrogen) atoms. The SMILES string of the molecule is CCCNC(c1cccnc1)C(C)(CC)N1CCCC1. The van der Waals surface area contributed by atoms with Gasteiger partial charge in [-0.05, 0) is 63.9 Å². The van der Waals surface area contributed by atoms with Crippen LogP contribution in [0.5, 0.6) is 0 Å². The van der Waals surface area contributed by atoms with Gasteiger partial charge >= 0.3 is 0 Å². The molecule has 1 aliphatic rings. The average molecular weight is 275 g/mol. The maximum absolute atomic E-state index is 4.33. The lowest BCUT2D eigenvalue weighted by Crippen LogP contribution is -2.53. The summed E-state index contributed by atoms with van der Waals surface area (Å²) in [5, 5.41) is 3.77. The van der Waals surface area contributed by atoms with Crippen LogP contribution in [0.4, 0.5) is 0 Å². The van der Waals surface area contributed by atoms with Gasteiger partial charge in [-0.3, -0.25) is 9.88 Å². The van der Waals surface area contributed by atoms with Gasteiger partial charge in [0.25, 0.3) is 0 Å². The number of hydrogen-bond donors (Lipinski definition) is 1. The minimum absolute atomic E-state index is 0.175. The highest BCUT2D eigenvalue weighted by molar-refractivity contribution is 5.20. The molecule has 0 aliphatic carbocycles. The minimum Gasteiger partial charge on any atom is -0.308 e. The van der Waals surface area contributed by atoms with Crippen molar-refractivity contribution in [2.45, 2.75) is 58.0 Å². The predicted octanol–water partition coefficient (Wildman–Crippen LogP) is 3.39. The molecule has 112 valence electrons. The molecule has 2 heterocycles. The Balaban J connectivity index is 2.27. The topological polar surface area (TPSA) is 28.2 Å². The zero-order valence-corrected chi connectivity index (χ0v) is 13.2. The van der Waals surface area contributed by atoms with Crippen molar-refractivity contribution in [3.8, 4) is 0 Å². The van der Waals surface area contributed by atoms with Crippen molar-refractivity contribution in [2.24, 2.45) is 0 Å². The molecule has 1 fully saturated rings. The number of nitrogens with one attached hydrogen (secondary N) is 1.